The molecule has 1 amide bonds. The average Bonchev–Trinajstić information content (AvgIpc) is 2.42. The third kappa shape index (κ3) is 4.53. The Balaban J connectivity index is 2.80. The highest BCUT2D eigenvalue weighted by Crippen LogP contribution is 2.27. The summed E-state index contributed by atoms with van der Waals surface area (Å²) in [5.41, 5.74) is 1.79. The Morgan fingerprint density at radius 3 is 2.55 bits per heavy atom. The summed E-state index contributed by atoms with van der Waals surface area (Å²) in [5, 5.41) is 13.2. The number of aliphatic hydroxyl groups is 1. The molecule has 20 heavy (non-hydrogen) atoms. The molecule has 1 aromatic rings. The number of carbonyl (C=O) groups excluding carboxylic acids is 1. The van der Waals surface area contributed by atoms with Gasteiger partial charge in [-0.05, 0) is 30.4 Å². The third-order valence-corrected chi connectivity index (χ3v) is 3.24. The van der Waals surface area contributed by atoms with Gasteiger partial charge in [0.2, 0.25) is 0 Å². The fraction of sp³-hybridized carbons (Fsp3) is 0.562. The molecule has 0 aliphatic carbocycles. The maximum atomic E-state index is 11.7. The zero-order valence-electron chi connectivity index (χ0n) is 12.7. The van der Waals surface area contributed by atoms with E-state index in [2.05, 4.69) is 5.32 Å². The SMILES string of the molecule is CCCNC(=O)OC(C(C)C)C(O)c1ccccc1C. The number of ether oxygens (including phenoxy) is 1. The van der Waals surface area contributed by atoms with Crippen molar-refractivity contribution in [3.05, 3.63) is 35.4 Å². The third-order valence-electron chi connectivity index (χ3n) is 3.24. The Bertz CT molecular complexity index is 431. The maximum Gasteiger partial charge on any atom is 0.407 e. The Morgan fingerprint density at radius 2 is 2.00 bits per heavy atom. The van der Waals surface area contributed by atoms with E-state index in [-0.39, 0.29) is 5.92 Å². The normalized spacial score (nSPS) is 13.9. The molecule has 112 valence electrons. The molecule has 0 heterocycles. The molecule has 2 atom stereocenters. The van der Waals surface area contributed by atoms with Gasteiger partial charge in [0.25, 0.3) is 0 Å². The monoisotopic (exact) mass is 279 g/mol. The first-order valence-corrected chi connectivity index (χ1v) is 7.15. The molecule has 0 bridgehead atoms. The molecule has 0 radical (unpaired) electrons. The number of amides is 1. The Kier molecular flexibility index (Phi) is 6.52. The van der Waals surface area contributed by atoms with Crippen LogP contribution in [0.3, 0.4) is 0 Å². The van der Waals surface area contributed by atoms with Crippen LogP contribution in [-0.4, -0.2) is 23.8 Å². The molecule has 0 spiro atoms. The van der Waals surface area contributed by atoms with E-state index in [4.69, 9.17) is 4.74 Å². The van der Waals surface area contributed by atoms with Gasteiger partial charge in [0.1, 0.15) is 12.2 Å². The van der Waals surface area contributed by atoms with Crippen molar-refractivity contribution in [3.8, 4) is 0 Å². The van der Waals surface area contributed by atoms with Crippen molar-refractivity contribution in [1.29, 1.82) is 0 Å². The van der Waals surface area contributed by atoms with Crippen LogP contribution >= 0.6 is 0 Å². The first-order chi connectivity index (χ1) is 9.47. The molecule has 2 N–H and O–H groups in total. The summed E-state index contributed by atoms with van der Waals surface area (Å²) in [5.74, 6) is 0.0250. The standard InChI is InChI=1S/C16H25NO3/c1-5-10-17-16(19)20-15(11(2)3)14(18)13-9-7-6-8-12(13)4/h6-9,11,14-15,18H,5,10H2,1-4H3,(H,17,19). The largest absolute Gasteiger partial charge is 0.443 e. The molecule has 0 saturated carbocycles. The molecule has 0 aliphatic rings. The van der Waals surface area contributed by atoms with Crippen LogP contribution in [-0.2, 0) is 4.74 Å². The molecule has 2 unspecified atom stereocenters. The van der Waals surface area contributed by atoms with E-state index in [1.807, 2.05) is 52.0 Å². The van der Waals surface area contributed by atoms with Crippen LogP contribution in [0.2, 0.25) is 0 Å². The lowest BCUT2D eigenvalue weighted by molar-refractivity contribution is -0.0231. The minimum Gasteiger partial charge on any atom is -0.443 e. The van der Waals surface area contributed by atoms with Crippen molar-refractivity contribution < 1.29 is 14.6 Å². The van der Waals surface area contributed by atoms with Gasteiger partial charge in [-0.3, -0.25) is 0 Å². The van der Waals surface area contributed by atoms with Gasteiger partial charge in [-0.2, -0.15) is 0 Å². The number of benzene rings is 1. The van der Waals surface area contributed by atoms with Gasteiger partial charge in [-0.15, -0.1) is 0 Å². The number of hydrogen-bond donors (Lipinski definition) is 2. The molecule has 1 aromatic carbocycles. The highest BCUT2D eigenvalue weighted by Gasteiger charge is 2.28. The van der Waals surface area contributed by atoms with E-state index in [1.54, 1.807) is 0 Å². The molecule has 1 rings (SSSR count). The average molecular weight is 279 g/mol. The molecule has 0 aromatic heterocycles. The maximum absolute atomic E-state index is 11.7. The van der Waals surface area contributed by atoms with E-state index >= 15 is 0 Å². The number of nitrogens with one attached hydrogen (secondary N) is 1. The lowest BCUT2D eigenvalue weighted by atomic mass is 9.93. The molecule has 0 fully saturated rings. The number of alkyl carbamates (subject to hydrolysis) is 1. The summed E-state index contributed by atoms with van der Waals surface area (Å²) in [6.45, 7) is 8.35. The second kappa shape index (κ2) is 7.90. The number of rotatable bonds is 6. The fourth-order valence-electron chi connectivity index (χ4n) is 2.05. The summed E-state index contributed by atoms with van der Waals surface area (Å²) in [6, 6.07) is 7.60. The Morgan fingerprint density at radius 1 is 1.35 bits per heavy atom. The van der Waals surface area contributed by atoms with Crippen LogP contribution in [0.25, 0.3) is 0 Å². The van der Waals surface area contributed by atoms with Gasteiger partial charge < -0.3 is 15.2 Å². The quantitative estimate of drug-likeness (QED) is 0.840. The van der Waals surface area contributed by atoms with Gasteiger partial charge in [-0.25, -0.2) is 4.79 Å². The fourth-order valence-corrected chi connectivity index (χ4v) is 2.05. The molecular formula is C16H25NO3. The first kappa shape index (κ1) is 16.5. The van der Waals surface area contributed by atoms with E-state index in [9.17, 15) is 9.90 Å². The Hall–Kier alpha value is -1.55. The highest BCUT2D eigenvalue weighted by molar-refractivity contribution is 5.67. The molecule has 4 heteroatoms. The summed E-state index contributed by atoms with van der Waals surface area (Å²) >= 11 is 0. The zero-order chi connectivity index (χ0) is 15.1. The van der Waals surface area contributed by atoms with Crippen LogP contribution in [0.4, 0.5) is 4.79 Å². The van der Waals surface area contributed by atoms with E-state index in [0.717, 1.165) is 17.5 Å². The van der Waals surface area contributed by atoms with Gasteiger partial charge >= 0.3 is 6.09 Å². The van der Waals surface area contributed by atoms with Crippen molar-refractivity contribution in [2.24, 2.45) is 5.92 Å². The summed E-state index contributed by atoms with van der Waals surface area (Å²) in [6.07, 6.45) is -1.00. The second-order valence-electron chi connectivity index (χ2n) is 5.34. The van der Waals surface area contributed by atoms with Crippen LogP contribution in [0.5, 0.6) is 0 Å². The van der Waals surface area contributed by atoms with Crippen LogP contribution in [0.15, 0.2) is 24.3 Å². The minimum absolute atomic E-state index is 0.0250. The van der Waals surface area contributed by atoms with Crippen LogP contribution < -0.4 is 5.32 Å². The highest BCUT2D eigenvalue weighted by atomic mass is 16.6. The molecule has 4 nitrogen and oxygen atoms in total. The predicted molar refractivity (Wildman–Crippen MR) is 79.5 cm³/mol. The van der Waals surface area contributed by atoms with E-state index in [1.165, 1.54) is 0 Å². The molecule has 0 aliphatic heterocycles. The first-order valence-electron chi connectivity index (χ1n) is 7.15. The summed E-state index contributed by atoms with van der Waals surface area (Å²) < 4.78 is 5.39. The van der Waals surface area contributed by atoms with Gasteiger partial charge in [0.15, 0.2) is 0 Å². The number of aryl methyl sites for hydroxylation is 1. The predicted octanol–water partition coefficient (Wildman–Crippen LogP) is 3.19. The van der Waals surface area contributed by atoms with Crippen molar-refractivity contribution >= 4 is 6.09 Å². The smallest absolute Gasteiger partial charge is 0.407 e. The van der Waals surface area contributed by atoms with Crippen molar-refractivity contribution in [1.82, 2.24) is 5.32 Å². The minimum atomic E-state index is -0.816. The molecular weight excluding hydrogens is 254 g/mol. The topological polar surface area (TPSA) is 58.6 Å². The lowest BCUT2D eigenvalue weighted by Crippen LogP contribution is -2.35. The number of aliphatic hydroxyl groups excluding tert-OH is 1. The van der Waals surface area contributed by atoms with Crippen LogP contribution in [0, 0.1) is 12.8 Å². The number of carbonyl (C=O) groups is 1. The van der Waals surface area contributed by atoms with Crippen molar-refractivity contribution in [2.75, 3.05) is 6.54 Å². The van der Waals surface area contributed by atoms with Gasteiger partial charge in [0.05, 0.1) is 0 Å². The second-order valence-corrected chi connectivity index (χ2v) is 5.34. The van der Waals surface area contributed by atoms with Gasteiger partial charge in [-0.1, -0.05) is 45.0 Å². The molecule has 0 saturated heterocycles. The zero-order valence-corrected chi connectivity index (χ0v) is 12.7. The van der Waals surface area contributed by atoms with Gasteiger partial charge in [0, 0.05) is 6.54 Å². The van der Waals surface area contributed by atoms with E-state index < -0.39 is 18.3 Å². The summed E-state index contributed by atoms with van der Waals surface area (Å²) in [7, 11) is 0. The van der Waals surface area contributed by atoms with Crippen molar-refractivity contribution in [3.63, 3.8) is 0 Å². The van der Waals surface area contributed by atoms with Crippen LogP contribution in [0.1, 0.15) is 44.4 Å². The van der Waals surface area contributed by atoms with Crippen molar-refractivity contribution in [2.45, 2.75) is 46.3 Å². The van der Waals surface area contributed by atoms with E-state index in [0.29, 0.717) is 6.54 Å². The number of hydrogen-bond acceptors (Lipinski definition) is 3. The lowest BCUT2D eigenvalue weighted by Gasteiger charge is -2.27. The summed E-state index contributed by atoms with van der Waals surface area (Å²) in [4.78, 5) is 11.7. The Labute approximate surface area is 121 Å².